The number of aromatic amines is 1. The lowest BCUT2D eigenvalue weighted by Gasteiger charge is -2.05. The molecule has 0 fully saturated rings. The zero-order chi connectivity index (χ0) is 12.5. The van der Waals surface area contributed by atoms with Gasteiger partial charge in [-0.05, 0) is 32.0 Å². The highest BCUT2D eigenvalue weighted by Gasteiger charge is 2.06. The van der Waals surface area contributed by atoms with Crippen LogP contribution >= 0.6 is 0 Å². The summed E-state index contributed by atoms with van der Waals surface area (Å²) in [6.45, 7) is 4.06. The van der Waals surface area contributed by atoms with Crippen molar-refractivity contribution < 1.29 is 0 Å². The van der Waals surface area contributed by atoms with Crippen LogP contribution in [-0.2, 0) is 0 Å². The Morgan fingerprint density at radius 3 is 2.72 bits per heavy atom. The number of imidazole rings is 1. The molecule has 0 saturated carbocycles. The molecule has 0 aliphatic carbocycles. The molecule has 18 heavy (non-hydrogen) atoms. The smallest absolute Gasteiger partial charge is 0.137 e. The molecule has 0 aliphatic heterocycles. The van der Waals surface area contributed by atoms with Crippen LogP contribution in [0.25, 0.3) is 17.1 Å². The zero-order valence-electron chi connectivity index (χ0n) is 10.4. The highest BCUT2D eigenvalue weighted by Crippen LogP contribution is 2.19. The van der Waals surface area contributed by atoms with E-state index in [0.717, 1.165) is 28.5 Å². The molecular formula is C14H14N4. The number of rotatable bonds is 2. The third-order valence-electron chi connectivity index (χ3n) is 2.87. The van der Waals surface area contributed by atoms with Crippen LogP contribution in [0.2, 0.25) is 0 Å². The molecule has 2 aromatic heterocycles. The van der Waals surface area contributed by atoms with Crippen molar-refractivity contribution in [1.82, 2.24) is 19.7 Å². The van der Waals surface area contributed by atoms with Gasteiger partial charge in [0.05, 0.1) is 11.4 Å². The van der Waals surface area contributed by atoms with Crippen molar-refractivity contribution in [2.24, 2.45) is 0 Å². The number of nitrogens with one attached hydrogen (secondary N) is 1. The van der Waals surface area contributed by atoms with Crippen LogP contribution in [0.4, 0.5) is 0 Å². The van der Waals surface area contributed by atoms with Gasteiger partial charge in [0.25, 0.3) is 0 Å². The molecular weight excluding hydrogens is 224 g/mol. The molecule has 0 atom stereocenters. The van der Waals surface area contributed by atoms with Crippen molar-refractivity contribution in [2.45, 2.75) is 13.8 Å². The Morgan fingerprint density at radius 2 is 2.06 bits per heavy atom. The molecule has 0 unspecified atom stereocenters. The van der Waals surface area contributed by atoms with E-state index in [9.17, 15) is 0 Å². The first kappa shape index (κ1) is 10.8. The molecule has 3 aromatic rings. The summed E-state index contributed by atoms with van der Waals surface area (Å²) in [7, 11) is 0. The van der Waals surface area contributed by atoms with Gasteiger partial charge < -0.3 is 4.98 Å². The van der Waals surface area contributed by atoms with Crippen molar-refractivity contribution in [3.63, 3.8) is 0 Å². The van der Waals surface area contributed by atoms with Crippen LogP contribution in [0.15, 0.2) is 42.7 Å². The first-order chi connectivity index (χ1) is 8.74. The van der Waals surface area contributed by atoms with Crippen LogP contribution < -0.4 is 0 Å². The van der Waals surface area contributed by atoms with Crippen molar-refractivity contribution in [2.75, 3.05) is 0 Å². The third-order valence-corrected chi connectivity index (χ3v) is 2.87. The zero-order valence-corrected chi connectivity index (χ0v) is 10.4. The van der Waals surface area contributed by atoms with Gasteiger partial charge in [-0.15, -0.1) is 0 Å². The van der Waals surface area contributed by atoms with Gasteiger partial charge >= 0.3 is 0 Å². The number of hydrogen-bond donors (Lipinski definition) is 1. The Hall–Kier alpha value is -2.36. The van der Waals surface area contributed by atoms with Crippen molar-refractivity contribution >= 4 is 0 Å². The normalized spacial score (nSPS) is 10.8. The van der Waals surface area contributed by atoms with Gasteiger partial charge in [-0.1, -0.05) is 12.1 Å². The summed E-state index contributed by atoms with van der Waals surface area (Å²) in [6.07, 6.45) is 3.58. The summed E-state index contributed by atoms with van der Waals surface area (Å²) in [6, 6.07) is 10.3. The second-order valence-corrected chi connectivity index (χ2v) is 4.33. The minimum atomic E-state index is 0.874. The first-order valence-electron chi connectivity index (χ1n) is 5.87. The fourth-order valence-electron chi connectivity index (χ4n) is 2.10. The van der Waals surface area contributed by atoms with Crippen LogP contribution in [0.3, 0.4) is 0 Å². The SMILES string of the molecule is Cc1cc(C)n(-c2cccc(-c3ncc[nH]3)c2)n1. The molecule has 0 bridgehead atoms. The number of hydrogen-bond acceptors (Lipinski definition) is 2. The summed E-state index contributed by atoms with van der Waals surface area (Å²) in [5.74, 6) is 0.874. The molecule has 2 heterocycles. The summed E-state index contributed by atoms with van der Waals surface area (Å²) in [4.78, 5) is 7.37. The lowest BCUT2D eigenvalue weighted by atomic mass is 10.2. The van der Waals surface area contributed by atoms with Crippen molar-refractivity contribution in [3.05, 3.63) is 54.1 Å². The van der Waals surface area contributed by atoms with Crippen LogP contribution in [-0.4, -0.2) is 19.7 Å². The van der Waals surface area contributed by atoms with Crippen molar-refractivity contribution in [1.29, 1.82) is 0 Å². The maximum Gasteiger partial charge on any atom is 0.137 e. The minimum absolute atomic E-state index is 0.874. The highest BCUT2D eigenvalue weighted by atomic mass is 15.3. The summed E-state index contributed by atoms with van der Waals surface area (Å²) in [5.41, 5.74) is 4.26. The van der Waals surface area contributed by atoms with Gasteiger partial charge in [0.1, 0.15) is 5.82 Å². The highest BCUT2D eigenvalue weighted by molar-refractivity contribution is 5.58. The predicted octanol–water partition coefficient (Wildman–Crippen LogP) is 2.88. The minimum Gasteiger partial charge on any atom is -0.345 e. The Kier molecular flexibility index (Phi) is 2.48. The number of H-pyrrole nitrogens is 1. The summed E-state index contributed by atoms with van der Waals surface area (Å²) >= 11 is 0. The van der Waals surface area contributed by atoms with Crippen LogP contribution in [0.1, 0.15) is 11.4 Å². The monoisotopic (exact) mass is 238 g/mol. The topological polar surface area (TPSA) is 46.5 Å². The molecule has 0 spiro atoms. The third kappa shape index (κ3) is 1.82. The van der Waals surface area contributed by atoms with Gasteiger partial charge in [0.15, 0.2) is 0 Å². The van der Waals surface area contributed by atoms with Gasteiger partial charge in [-0.3, -0.25) is 0 Å². The second kappa shape index (κ2) is 4.14. The van der Waals surface area contributed by atoms with E-state index in [2.05, 4.69) is 34.1 Å². The lowest BCUT2D eigenvalue weighted by Crippen LogP contribution is -1.99. The molecule has 0 aliphatic rings. The predicted molar refractivity (Wildman–Crippen MR) is 70.6 cm³/mol. The Morgan fingerprint density at radius 1 is 1.17 bits per heavy atom. The van der Waals surface area contributed by atoms with E-state index in [0.29, 0.717) is 0 Å². The average molecular weight is 238 g/mol. The number of benzene rings is 1. The van der Waals surface area contributed by atoms with Gasteiger partial charge in [0, 0.05) is 23.7 Å². The van der Waals surface area contributed by atoms with E-state index < -0.39 is 0 Å². The van der Waals surface area contributed by atoms with Gasteiger partial charge in [-0.2, -0.15) is 5.10 Å². The Balaban J connectivity index is 2.09. The summed E-state index contributed by atoms with van der Waals surface area (Å²) < 4.78 is 1.95. The van der Waals surface area contributed by atoms with Gasteiger partial charge in [0.2, 0.25) is 0 Å². The fourth-order valence-corrected chi connectivity index (χ4v) is 2.10. The molecule has 90 valence electrons. The van der Waals surface area contributed by atoms with Crippen LogP contribution in [0, 0.1) is 13.8 Å². The lowest BCUT2D eigenvalue weighted by molar-refractivity contribution is 0.834. The van der Waals surface area contributed by atoms with E-state index in [-0.39, 0.29) is 0 Å². The van der Waals surface area contributed by atoms with E-state index in [1.54, 1.807) is 6.20 Å². The standard InChI is InChI=1S/C14H14N4/c1-10-8-11(2)18(17-10)13-5-3-4-12(9-13)14-15-6-7-16-14/h3-9H,1-2H3,(H,15,16). The first-order valence-corrected chi connectivity index (χ1v) is 5.87. The summed E-state index contributed by atoms with van der Waals surface area (Å²) in [5, 5.41) is 4.49. The maximum atomic E-state index is 4.49. The number of aromatic nitrogens is 4. The molecule has 1 N–H and O–H groups in total. The Bertz CT molecular complexity index is 665. The maximum absolute atomic E-state index is 4.49. The second-order valence-electron chi connectivity index (χ2n) is 4.33. The largest absolute Gasteiger partial charge is 0.345 e. The number of nitrogens with zero attached hydrogens (tertiary/aromatic N) is 3. The quantitative estimate of drug-likeness (QED) is 0.746. The van der Waals surface area contributed by atoms with E-state index in [4.69, 9.17) is 0 Å². The van der Waals surface area contributed by atoms with Gasteiger partial charge in [-0.25, -0.2) is 9.67 Å². The van der Waals surface area contributed by atoms with E-state index in [1.807, 2.05) is 36.0 Å². The molecule has 4 heteroatoms. The molecule has 0 amide bonds. The van der Waals surface area contributed by atoms with E-state index in [1.165, 1.54) is 0 Å². The molecule has 3 rings (SSSR count). The molecule has 1 aromatic carbocycles. The van der Waals surface area contributed by atoms with Crippen LogP contribution in [0.5, 0.6) is 0 Å². The molecule has 0 radical (unpaired) electrons. The van der Waals surface area contributed by atoms with Crippen molar-refractivity contribution in [3.8, 4) is 17.1 Å². The number of aryl methyl sites for hydroxylation is 2. The average Bonchev–Trinajstić information content (AvgIpc) is 2.99. The molecule has 4 nitrogen and oxygen atoms in total. The molecule has 0 saturated heterocycles. The van der Waals surface area contributed by atoms with E-state index >= 15 is 0 Å². The fraction of sp³-hybridized carbons (Fsp3) is 0.143. The Labute approximate surface area is 105 Å².